The maximum absolute atomic E-state index is 11.3. The van der Waals surface area contributed by atoms with E-state index in [-0.39, 0.29) is 11.3 Å². The second-order valence-electron chi connectivity index (χ2n) is 5.12. The number of aromatic carboxylic acids is 1. The summed E-state index contributed by atoms with van der Waals surface area (Å²) < 4.78 is 1.59. The van der Waals surface area contributed by atoms with E-state index in [1.807, 2.05) is 13.8 Å². The Balaban J connectivity index is 2.43. The van der Waals surface area contributed by atoms with Crippen LogP contribution >= 0.6 is 0 Å². The number of aromatic nitrogens is 2. The number of benzene rings is 1. The van der Waals surface area contributed by atoms with Crippen LogP contribution in [-0.4, -0.2) is 25.8 Å². The molecule has 0 aliphatic heterocycles. The van der Waals surface area contributed by atoms with E-state index < -0.39 is 10.9 Å². The molecule has 0 saturated heterocycles. The normalized spacial score (nSPS) is 10.8. The van der Waals surface area contributed by atoms with Crippen molar-refractivity contribution < 1.29 is 14.8 Å². The van der Waals surface area contributed by atoms with Crippen LogP contribution < -0.4 is 0 Å². The standard InChI is InChI=1S/C14H15N3O4/c1-9(2)7-16-8-12(14(18)19)13(15-16)10-3-5-11(6-4-10)17(20)21/h3-6,8-9H,7H2,1-2H3,(H,18,19). The van der Waals surface area contributed by atoms with E-state index in [4.69, 9.17) is 0 Å². The minimum Gasteiger partial charge on any atom is -0.478 e. The fourth-order valence-corrected chi connectivity index (χ4v) is 2.00. The van der Waals surface area contributed by atoms with Gasteiger partial charge in [-0.1, -0.05) is 13.8 Å². The molecule has 110 valence electrons. The summed E-state index contributed by atoms with van der Waals surface area (Å²) in [7, 11) is 0. The Hall–Kier alpha value is -2.70. The predicted molar refractivity (Wildman–Crippen MR) is 76.1 cm³/mol. The van der Waals surface area contributed by atoms with Crippen LogP contribution in [0.15, 0.2) is 30.5 Å². The number of nitro benzene ring substituents is 1. The minimum absolute atomic E-state index is 0.0442. The molecule has 21 heavy (non-hydrogen) atoms. The number of nitro groups is 1. The third-order valence-corrected chi connectivity index (χ3v) is 2.90. The van der Waals surface area contributed by atoms with E-state index >= 15 is 0 Å². The van der Waals surface area contributed by atoms with Crippen molar-refractivity contribution in [2.75, 3.05) is 0 Å². The van der Waals surface area contributed by atoms with Gasteiger partial charge >= 0.3 is 5.97 Å². The molecule has 0 saturated carbocycles. The van der Waals surface area contributed by atoms with Gasteiger partial charge < -0.3 is 5.11 Å². The Labute approximate surface area is 121 Å². The number of nitrogens with zero attached hydrogens (tertiary/aromatic N) is 3. The lowest BCUT2D eigenvalue weighted by Gasteiger charge is -2.03. The molecule has 7 nitrogen and oxygen atoms in total. The fourth-order valence-electron chi connectivity index (χ4n) is 2.00. The molecular formula is C14H15N3O4. The van der Waals surface area contributed by atoms with Crippen LogP contribution in [0.2, 0.25) is 0 Å². The van der Waals surface area contributed by atoms with Crippen LogP contribution in [-0.2, 0) is 6.54 Å². The van der Waals surface area contributed by atoms with Crippen LogP contribution in [0.25, 0.3) is 11.3 Å². The minimum atomic E-state index is -1.07. The molecule has 0 amide bonds. The number of carbonyl (C=O) groups is 1. The average molecular weight is 289 g/mol. The lowest BCUT2D eigenvalue weighted by molar-refractivity contribution is -0.384. The number of non-ortho nitro benzene ring substituents is 1. The van der Waals surface area contributed by atoms with Gasteiger partial charge in [-0.15, -0.1) is 0 Å². The van der Waals surface area contributed by atoms with Crippen molar-refractivity contribution in [3.05, 3.63) is 46.1 Å². The lowest BCUT2D eigenvalue weighted by Crippen LogP contribution is -2.04. The molecule has 0 aliphatic carbocycles. The van der Waals surface area contributed by atoms with Gasteiger partial charge in [0.1, 0.15) is 11.3 Å². The van der Waals surface area contributed by atoms with E-state index in [1.54, 1.807) is 4.68 Å². The molecule has 0 unspecified atom stereocenters. The first kappa shape index (κ1) is 14.7. The summed E-state index contributed by atoms with van der Waals surface area (Å²) in [6.07, 6.45) is 1.49. The Morgan fingerprint density at radius 3 is 2.48 bits per heavy atom. The zero-order valence-corrected chi connectivity index (χ0v) is 11.7. The third-order valence-electron chi connectivity index (χ3n) is 2.90. The first-order chi connectivity index (χ1) is 9.88. The molecule has 2 aromatic rings. The zero-order chi connectivity index (χ0) is 15.6. The molecule has 2 rings (SSSR count). The SMILES string of the molecule is CC(C)Cn1cc(C(=O)O)c(-c2ccc([N+](=O)[O-])cc2)n1. The molecule has 0 atom stereocenters. The predicted octanol–water partition coefficient (Wildman–Crippen LogP) is 2.81. The summed E-state index contributed by atoms with van der Waals surface area (Å²) in [5.41, 5.74) is 0.903. The maximum atomic E-state index is 11.3. The van der Waals surface area contributed by atoms with Crippen molar-refractivity contribution in [3.8, 4) is 11.3 Å². The number of rotatable bonds is 5. The molecule has 0 radical (unpaired) electrons. The number of hydrogen-bond donors (Lipinski definition) is 1. The van der Waals surface area contributed by atoms with Crippen molar-refractivity contribution in [1.82, 2.24) is 9.78 Å². The van der Waals surface area contributed by atoms with Crippen molar-refractivity contribution in [3.63, 3.8) is 0 Å². The first-order valence-electron chi connectivity index (χ1n) is 6.44. The Morgan fingerprint density at radius 2 is 2.00 bits per heavy atom. The molecule has 0 spiro atoms. The van der Waals surface area contributed by atoms with Gasteiger partial charge in [0.25, 0.3) is 5.69 Å². The van der Waals surface area contributed by atoms with E-state index in [2.05, 4.69) is 5.10 Å². The van der Waals surface area contributed by atoms with E-state index in [0.717, 1.165) is 0 Å². The van der Waals surface area contributed by atoms with Crippen LogP contribution in [0.1, 0.15) is 24.2 Å². The first-order valence-corrected chi connectivity index (χ1v) is 6.44. The summed E-state index contributed by atoms with van der Waals surface area (Å²) in [5.74, 6) is -0.741. The van der Waals surface area contributed by atoms with Gasteiger partial charge in [0.05, 0.1) is 4.92 Å². The molecule has 0 fully saturated rings. The van der Waals surface area contributed by atoms with Gasteiger partial charge in [0, 0.05) is 30.4 Å². The second kappa shape index (κ2) is 5.74. The van der Waals surface area contributed by atoms with Gasteiger partial charge in [-0.2, -0.15) is 5.10 Å². The molecule has 1 N–H and O–H groups in total. The molecular weight excluding hydrogens is 274 g/mol. The van der Waals surface area contributed by atoms with Gasteiger partial charge in [-0.05, 0) is 18.1 Å². The van der Waals surface area contributed by atoms with E-state index in [0.29, 0.717) is 23.7 Å². The summed E-state index contributed by atoms with van der Waals surface area (Å²) in [5, 5.41) is 24.2. The molecule has 1 aromatic carbocycles. The molecule has 1 heterocycles. The highest BCUT2D eigenvalue weighted by atomic mass is 16.6. The average Bonchev–Trinajstić information content (AvgIpc) is 2.82. The molecule has 7 heteroatoms. The summed E-state index contributed by atoms with van der Waals surface area (Å²) in [6.45, 7) is 4.62. The smallest absolute Gasteiger partial charge is 0.339 e. The second-order valence-corrected chi connectivity index (χ2v) is 5.12. The van der Waals surface area contributed by atoms with E-state index in [9.17, 15) is 20.0 Å². The van der Waals surface area contributed by atoms with Gasteiger partial charge in [0.2, 0.25) is 0 Å². The molecule has 0 bridgehead atoms. The van der Waals surface area contributed by atoms with Crippen molar-refractivity contribution >= 4 is 11.7 Å². The maximum Gasteiger partial charge on any atom is 0.339 e. The van der Waals surface area contributed by atoms with E-state index in [1.165, 1.54) is 30.5 Å². The fraction of sp³-hybridized carbons (Fsp3) is 0.286. The highest BCUT2D eigenvalue weighted by molar-refractivity contribution is 5.94. The largest absolute Gasteiger partial charge is 0.478 e. The number of carboxylic acids is 1. The summed E-state index contributed by atoms with van der Waals surface area (Å²) in [6, 6.07) is 5.68. The topological polar surface area (TPSA) is 98.3 Å². The van der Waals surface area contributed by atoms with Crippen LogP contribution in [0.4, 0.5) is 5.69 Å². The molecule has 0 aliphatic rings. The Bertz CT molecular complexity index is 674. The number of hydrogen-bond acceptors (Lipinski definition) is 4. The third kappa shape index (κ3) is 3.25. The van der Waals surface area contributed by atoms with Gasteiger partial charge in [0.15, 0.2) is 0 Å². The van der Waals surface area contributed by atoms with Crippen LogP contribution in [0.5, 0.6) is 0 Å². The van der Waals surface area contributed by atoms with Crippen LogP contribution in [0.3, 0.4) is 0 Å². The highest BCUT2D eigenvalue weighted by Crippen LogP contribution is 2.24. The summed E-state index contributed by atoms with van der Waals surface area (Å²) in [4.78, 5) is 21.4. The van der Waals surface area contributed by atoms with Gasteiger partial charge in [-0.3, -0.25) is 14.8 Å². The lowest BCUT2D eigenvalue weighted by atomic mass is 10.1. The van der Waals surface area contributed by atoms with Crippen molar-refractivity contribution in [2.45, 2.75) is 20.4 Å². The zero-order valence-electron chi connectivity index (χ0n) is 11.7. The quantitative estimate of drug-likeness (QED) is 0.674. The van der Waals surface area contributed by atoms with Crippen molar-refractivity contribution in [1.29, 1.82) is 0 Å². The monoisotopic (exact) mass is 289 g/mol. The Morgan fingerprint density at radius 1 is 1.38 bits per heavy atom. The number of carboxylic acid groups (broad SMARTS) is 1. The van der Waals surface area contributed by atoms with Crippen molar-refractivity contribution in [2.24, 2.45) is 5.92 Å². The Kier molecular flexibility index (Phi) is 4.02. The summed E-state index contributed by atoms with van der Waals surface area (Å²) >= 11 is 0. The van der Waals surface area contributed by atoms with Gasteiger partial charge in [-0.25, -0.2) is 4.79 Å². The molecule has 1 aromatic heterocycles. The highest BCUT2D eigenvalue weighted by Gasteiger charge is 2.18. The van der Waals surface area contributed by atoms with Crippen LogP contribution in [0, 0.1) is 16.0 Å².